The molecular weight excluding hydrogens is 1020 g/mol. The van der Waals surface area contributed by atoms with Crippen LogP contribution in [-0.4, -0.2) is 123 Å². The molecule has 2 aliphatic heterocycles. The van der Waals surface area contributed by atoms with Crippen LogP contribution in [0.2, 0.25) is 36.3 Å². The number of anilines is 1. The first kappa shape index (κ1) is 54.6. The third-order valence-corrected chi connectivity index (χ3v) is 25.0. The van der Waals surface area contributed by atoms with Gasteiger partial charge in [-0.15, -0.1) is 9.42 Å². The maximum Gasteiger partial charge on any atom is 0.695 e. The van der Waals surface area contributed by atoms with Crippen molar-refractivity contribution in [3.05, 3.63) is 77.2 Å². The van der Waals surface area contributed by atoms with Crippen molar-refractivity contribution in [2.45, 2.75) is 133 Å². The zero-order valence-corrected chi connectivity index (χ0v) is 45.4. The van der Waals surface area contributed by atoms with Crippen molar-refractivity contribution in [1.82, 2.24) is 34.1 Å². The van der Waals surface area contributed by atoms with Crippen LogP contribution in [0.5, 0.6) is 0 Å². The van der Waals surface area contributed by atoms with Gasteiger partial charge in [0.15, 0.2) is 63.6 Å². The first-order chi connectivity index (χ1) is 33.3. The van der Waals surface area contributed by atoms with Crippen LogP contribution in [0.15, 0.2) is 60.3 Å². The molecule has 2 unspecified atom stereocenters. The summed E-state index contributed by atoms with van der Waals surface area (Å²) in [7, 11) is -8.92. The summed E-state index contributed by atoms with van der Waals surface area (Å²) in [5.41, 5.74) is -0.0108. The first-order valence-electron chi connectivity index (χ1n) is 22.6. The van der Waals surface area contributed by atoms with E-state index in [-0.39, 0.29) is 46.1 Å². The Kier molecular flexibility index (Phi) is 16.4. The number of hydrogen-bond acceptors (Lipinski definition) is 18. The van der Waals surface area contributed by atoms with Gasteiger partial charge in [0.2, 0.25) is 0 Å². The zero-order valence-electron chi connectivity index (χ0n) is 40.8. The molecule has 28 heteroatoms. The molecule has 0 aliphatic carbocycles. The molecule has 0 radical (unpaired) electrons. The highest BCUT2D eigenvalue weighted by atomic mass is 32.5. The van der Waals surface area contributed by atoms with Crippen molar-refractivity contribution < 1.29 is 60.2 Å². The quantitative estimate of drug-likeness (QED) is 0.0364. The van der Waals surface area contributed by atoms with E-state index in [4.69, 9.17) is 48.2 Å². The average Bonchev–Trinajstić information content (AvgIpc) is 4.05. The van der Waals surface area contributed by atoms with E-state index in [9.17, 15) is 29.4 Å². The number of ether oxygens (including phenoxy) is 2. The second-order valence-corrected chi connectivity index (χ2v) is 33.2. The molecule has 4 N–H and O–H groups in total. The summed E-state index contributed by atoms with van der Waals surface area (Å²) >= 11 is 6.14. The van der Waals surface area contributed by atoms with Crippen molar-refractivity contribution in [3.8, 4) is 6.07 Å². The lowest BCUT2D eigenvalue weighted by Crippen LogP contribution is -2.50. The van der Waals surface area contributed by atoms with Crippen LogP contribution >= 0.6 is 15.0 Å². The molecule has 2 aliphatic rings. The summed E-state index contributed by atoms with van der Waals surface area (Å²) in [6, 6.07) is 10.6. The van der Waals surface area contributed by atoms with E-state index in [1.165, 1.54) is 17.2 Å². The van der Waals surface area contributed by atoms with Crippen LogP contribution in [0.3, 0.4) is 0 Å². The van der Waals surface area contributed by atoms with E-state index < -0.39 is 116 Å². The number of nitrogens with zero attached hydrogens (tertiary/aromatic N) is 7. The topological polar surface area (TPSA) is 279 Å². The minimum absolute atomic E-state index is 0.122. The number of imidazole rings is 1. The monoisotopic (exact) mass is 1080 g/mol. The number of aliphatic hydroxyl groups is 1. The highest BCUT2D eigenvalue weighted by Gasteiger charge is 2.57. The summed E-state index contributed by atoms with van der Waals surface area (Å²) < 4.78 is 83.0. The second kappa shape index (κ2) is 21.4. The molecule has 10 atom stereocenters. The molecule has 0 saturated carbocycles. The van der Waals surface area contributed by atoms with Crippen LogP contribution in [0, 0.1) is 17.1 Å². The van der Waals surface area contributed by atoms with E-state index >= 15 is 4.39 Å². The molecule has 384 valence electrons. The zero-order chi connectivity index (χ0) is 51.8. The fourth-order valence-electron chi connectivity index (χ4n) is 7.55. The standard InChI is InChI=1S/C43H58FN9O13P2SSi2/c1-42(2,3)70(7,8)65-32-28(62-40(33(32)63-67(57)58)52-19-26(44)29-36(52)47-23-49-39(29)56)21-60-68(69,59-18-14-17-45)64-31-27(20-54)61-41(34(31)66-71(9,10)43(4,5)6)53-24-50-30-35(46-22-48-37(30)53)51-38(55)25-15-12-11-13-16-25/h11-13,15-16,19,22-24,27-28,31-34,40-41,54H,14,18,20-21H2,1-10H3,(H2-,46,47,48,49,51,55,56,57,58)/p+1/t27-,28-,31-,32-,33-,34-,40-,41-,68?/m1/s1. The lowest BCUT2D eigenvalue weighted by molar-refractivity contribution is -0.0546. The number of nitriles is 1. The maximum atomic E-state index is 15.5. The van der Waals surface area contributed by atoms with Crippen LogP contribution in [-0.2, 0) is 52.8 Å². The number of rotatable bonds is 19. The SMILES string of the molecule is CC(C)(C)[Si](C)(C)O[C@@H]1[C@H](OP(=S)(OCCC#N)OC[C@H]2O[C@@H](n3cc(F)c4c(=O)[nH]cnc43)[C@H](O[P+](=O)O)[C@@H]2O[Si](C)(C)C(C)(C)C)[C@@H](CO)O[C@H]1n1cnc2c(NC(=O)c3ccccc3)ncnc21. The molecule has 0 spiro atoms. The average molecular weight is 1080 g/mol. The van der Waals surface area contributed by atoms with Crippen molar-refractivity contribution in [2.75, 3.05) is 25.1 Å². The van der Waals surface area contributed by atoms with Gasteiger partial charge in [0, 0.05) is 16.3 Å². The largest absolute Gasteiger partial charge is 0.695 e. The Morgan fingerprint density at radius 3 is 2.23 bits per heavy atom. The summed E-state index contributed by atoms with van der Waals surface area (Å²) in [5, 5.41) is 22.2. The number of aliphatic hydroxyl groups excluding tert-OH is 1. The summed E-state index contributed by atoms with van der Waals surface area (Å²) in [4.78, 5) is 56.1. The van der Waals surface area contributed by atoms with Gasteiger partial charge in [0.05, 0.1) is 45.0 Å². The smallest absolute Gasteiger partial charge is 0.408 e. The van der Waals surface area contributed by atoms with E-state index in [0.29, 0.717) is 5.56 Å². The van der Waals surface area contributed by atoms with Crippen LogP contribution < -0.4 is 10.9 Å². The Morgan fingerprint density at radius 2 is 1.59 bits per heavy atom. The number of aromatic amines is 1. The molecule has 5 aromatic rings. The molecule has 22 nitrogen and oxygen atoms in total. The number of nitrogens with one attached hydrogen (secondary N) is 2. The van der Waals surface area contributed by atoms with Gasteiger partial charge < -0.3 is 42.8 Å². The van der Waals surface area contributed by atoms with E-state index in [0.717, 1.165) is 12.5 Å². The molecule has 6 heterocycles. The molecular formula is C43H59FN9O13P2SSi2+. The number of carbonyl (C=O) groups is 1. The molecule has 7 rings (SSSR count). The maximum absolute atomic E-state index is 15.5. The number of aromatic nitrogens is 7. The predicted octanol–water partition coefficient (Wildman–Crippen LogP) is 7.12. The lowest BCUT2D eigenvalue weighted by Gasteiger charge is -2.41. The third kappa shape index (κ3) is 11.6. The number of fused-ring (bicyclic) bond motifs is 2. The lowest BCUT2D eigenvalue weighted by atomic mass is 10.1. The van der Waals surface area contributed by atoms with Gasteiger partial charge in [-0.3, -0.25) is 23.2 Å². The van der Waals surface area contributed by atoms with Crippen molar-refractivity contribution >= 4 is 77.3 Å². The Labute approximate surface area is 417 Å². The van der Waals surface area contributed by atoms with Gasteiger partial charge in [-0.1, -0.05) is 59.7 Å². The molecule has 1 aromatic carbocycles. The molecule has 4 aromatic heterocycles. The van der Waals surface area contributed by atoms with Crippen molar-refractivity contribution in [3.63, 3.8) is 0 Å². The number of halogens is 1. The van der Waals surface area contributed by atoms with E-state index in [1.54, 1.807) is 34.9 Å². The fraction of sp³-hybridized carbons (Fsp3) is 0.558. The summed E-state index contributed by atoms with van der Waals surface area (Å²) in [5.74, 6) is -1.22. The van der Waals surface area contributed by atoms with Gasteiger partial charge >= 0.3 is 15.0 Å². The van der Waals surface area contributed by atoms with E-state index in [1.807, 2.05) is 73.8 Å². The minimum atomic E-state index is -4.11. The Bertz CT molecular complexity index is 2900. The van der Waals surface area contributed by atoms with Gasteiger partial charge in [0.25, 0.3) is 11.5 Å². The molecule has 0 bridgehead atoms. The van der Waals surface area contributed by atoms with Gasteiger partial charge in [-0.25, -0.2) is 24.3 Å². The van der Waals surface area contributed by atoms with Gasteiger partial charge in [0.1, 0.15) is 42.2 Å². The number of benzene rings is 1. The van der Waals surface area contributed by atoms with E-state index in [2.05, 4.69) is 30.2 Å². The number of hydrogen-bond donors (Lipinski definition) is 4. The first-order valence-corrected chi connectivity index (χ1v) is 32.1. The normalized spacial score (nSPS) is 24.3. The highest BCUT2D eigenvalue weighted by Crippen LogP contribution is 2.56. The molecule has 1 amide bonds. The highest BCUT2D eigenvalue weighted by molar-refractivity contribution is 8.07. The summed E-state index contributed by atoms with van der Waals surface area (Å²) in [6.07, 6.45) is -5.02. The molecule has 2 fully saturated rings. The second-order valence-electron chi connectivity index (χ2n) is 20.0. The van der Waals surface area contributed by atoms with Crippen LogP contribution in [0.25, 0.3) is 22.2 Å². The van der Waals surface area contributed by atoms with Crippen molar-refractivity contribution in [1.29, 1.82) is 5.26 Å². The number of carbonyl (C=O) groups excluding carboxylic acids is 1. The van der Waals surface area contributed by atoms with Crippen molar-refractivity contribution in [2.24, 2.45) is 0 Å². The predicted molar refractivity (Wildman–Crippen MR) is 265 cm³/mol. The Balaban J connectivity index is 1.26. The van der Waals surface area contributed by atoms with Gasteiger partial charge in [-0.05, 0) is 60.2 Å². The van der Waals surface area contributed by atoms with Gasteiger partial charge in [-0.2, -0.15) is 5.26 Å². The minimum Gasteiger partial charge on any atom is -0.408 e. The van der Waals surface area contributed by atoms with Crippen LogP contribution in [0.4, 0.5) is 10.2 Å². The fourth-order valence-corrected chi connectivity index (χ4v) is 12.7. The molecule has 71 heavy (non-hydrogen) atoms. The Morgan fingerprint density at radius 1 is 0.944 bits per heavy atom. The summed E-state index contributed by atoms with van der Waals surface area (Å²) in [6.45, 7) is 14.6. The Hall–Kier alpha value is -4.14. The number of H-pyrrole nitrogens is 1. The number of amides is 1. The molecule has 2 saturated heterocycles. The van der Waals surface area contributed by atoms with Crippen LogP contribution in [0.1, 0.15) is 70.8 Å². The third-order valence-electron chi connectivity index (χ3n) is 13.3.